The molecule has 0 aliphatic carbocycles. The van der Waals surface area contributed by atoms with E-state index in [1.807, 2.05) is 12.1 Å². The minimum Gasteiger partial charge on any atom is -0.338 e. The predicted molar refractivity (Wildman–Crippen MR) is 76.0 cm³/mol. The number of hydrogen-bond acceptors (Lipinski definition) is 4. The third kappa shape index (κ3) is 2.46. The molecule has 0 radical (unpaired) electrons. The highest BCUT2D eigenvalue weighted by molar-refractivity contribution is 5.60. The molecule has 0 spiro atoms. The van der Waals surface area contributed by atoms with Crippen molar-refractivity contribution in [3.8, 4) is 11.4 Å². The number of piperidine rings is 1. The summed E-state index contributed by atoms with van der Waals surface area (Å²) in [5, 5.41) is 7.36. The van der Waals surface area contributed by atoms with Gasteiger partial charge in [-0.15, -0.1) is 5.10 Å². The van der Waals surface area contributed by atoms with E-state index in [0.717, 1.165) is 43.3 Å². The molecule has 1 unspecified atom stereocenters. The van der Waals surface area contributed by atoms with Gasteiger partial charge in [-0.05, 0) is 25.3 Å². The summed E-state index contributed by atoms with van der Waals surface area (Å²) in [5.41, 5.74) is 8.29. The minimum atomic E-state index is 0.231. The fourth-order valence-corrected chi connectivity index (χ4v) is 2.55. The van der Waals surface area contributed by atoms with Crippen LogP contribution >= 0.6 is 0 Å². The Balaban J connectivity index is 1.85. The molecule has 2 heterocycles. The van der Waals surface area contributed by atoms with Gasteiger partial charge in [0.2, 0.25) is 5.95 Å². The quantitative estimate of drug-likeness (QED) is 0.859. The van der Waals surface area contributed by atoms with Crippen LogP contribution < -0.4 is 10.6 Å². The van der Waals surface area contributed by atoms with Crippen molar-refractivity contribution in [2.24, 2.45) is 5.73 Å². The molecule has 1 aliphatic heterocycles. The molecule has 5 heteroatoms. The van der Waals surface area contributed by atoms with Crippen LogP contribution in [0, 0.1) is 6.92 Å². The number of nitrogens with two attached hydrogens (primary N) is 1. The van der Waals surface area contributed by atoms with Crippen molar-refractivity contribution in [3.05, 3.63) is 29.8 Å². The fourth-order valence-electron chi connectivity index (χ4n) is 2.55. The van der Waals surface area contributed by atoms with Crippen LogP contribution in [0.5, 0.6) is 0 Å². The first kappa shape index (κ1) is 12.2. The Morgan fingerprint density at radius 3 is 3.00 bits per heavy atom. The van der Waals surface area contributed by atoms with Gasteiger partial charge in [-0.25, -0.2) is 0 Å². The molecular formula is C14H19N5. The molecule has 0 bridgehead atoms. The van der Waals surface area contributed by atoms with E-state index in [9.17, 15) is 0 Å². The van der Waals surface area contributed by atoms with E-state index in [1.165, 1.54) is 5.56 Å². The topological polar surface area (TPSA) is 70.8 Å². The van der Waals surface area contributed by atoms with E-state index >= 15 is 0 Å². The Kier molecular flexibility index (Phi) is 3.21. The molecular weight excluding hydrogens is 238 g/mol. The molecule has 3 N–H and O–H groups in total. The fraction of sp³-hybridized carbons (Fsp3) is 0.429. The van der Waals surface area contributed by atoms with Crippen molar-refractivity contribution in [1.82, 2.24) is 15.2 Å². The summed E-state index contributed by atoms with van der Waals surface area (Å²) in [4.78, 5) is 6.76. The maximum atomic E-state index is 6.00. The number of hydrogen-bond donors (Lipinski definition) is 2. The Morgan fingerprint density at radius 2 is 2.21 bits per heavy atom. The number of benzene rings is 1. The standard InChI is InChI=1S/C14H19N5/c1-10-5-2-3-7-12(10)13-16-14(18-17-13)19-8-4-6-11(15)9-19/h2-3,5,7,11H,4,6,8-9,15H2,1H3,(H,16,17,18). The van der Waals surface area contributed by atoms with Crippen molar-refractivity contribution in [2.75, 3.05) is 18.0 Å². The molecule has 1 saturated heterocycles. The van der Waals surface area contributed by atoms with Gasteiger partial charge < -0.3 is 10.6 Å². The van der Waals surface area contributed by atoms with Gasteiger partial charge in [0.25, 0.3) is 0 Å². The Labute approximate surface area is 112 Å². The second-order valence-corrected chi connectivity index (χ2v) is 5.15. The number of H-pyrrole nitrogens is 1. The number of nitrogens with zero attached hydrogens (tertiary/aromatic N) is 3. The smallest absolute Gasteiger partial charge is 0.245 e. The normalized spacial score (nSPS) is 19.7. The molecule has 100 valence electrons. The third-order valence-corrected chi connectivity index (χ3v) is 3.61. The maximum absolute atomic E-state index is 6.00. The average molecular weight is 257 g/mol. The van der Waals surface area contributed by atoms with Crippen LogP contribution in [0.3, 0.4) is 0 Å². The van der Waals surface area contributed by atoms with Gasteiger partial charge in [0.05, 0.1) is 0 Å². The molecule has 5 nitrogen and oxygen atoms in total. The van der Waals surface area contributed by atoms with Crippen molar-refractivity contribution >= 4 is 5.95 Å². The number of aromatic amines is 1. The Morgan fingerprint density at radius 1 is 1.37 bits per heavy atom. The molecule has 0 saturated carbocycles. The molecule has 19 heavy (non-hydrogen) atoms. The molecule has 1 atom stereocenters. The monoisotopic (exact) mass is 257 g/mol. The molecule has 2 aromatic rings. The van der Waals surface area contributed by atoms with Gasteiger partial charge in [0, 0.05) is 24.7 Å². The van der Waals surface area contributed by atoms with Crippen LogP contribution in [0.2, 0.25) is 0 Å². The Hall–Kier alpha value is -1.88. The minimum absolute atomic E-state index is 0.231. The van der Waals surface area contributed by atoms with Crippen LogP contribution in [0.15, 0.2) is 24.3 Å². The Bertz CT molecular complexity index is 562. The van der Waals surface area contributed by atoms with Crippen LogP contribution in [-0.4, -0.2) is 34.3 Å². The number of aryl methyl sites for hydroxylation is 1. The van der Waals surface area contributed by atoms with Crippen molar-refractivity contribution < 1.29 is 0 Å². The van der Waals surface area contributed by atoms with E-state index in [-0.39, 0.29) is 6.04 Å². The van der Waals surface area contributed by atoms with Gasteiger partial charge in [0.1, 0.15) is 0 Å². The predicted octanol–water partition coefficient (Wildman–Crippen LogP) is 1.71. The van der Waals surface area contributed by atoms with Gasteiger partial charge in [-0.1, -0.05) is 24.3 Å². The summed E-state index contributed by atoms with van der Waals surface area (Å²) in [5.74, 6) is 1.58. The zero-order valence-electron chi connectivity index (χ0n) is 11.1. The summed E-state index contributed by atoms with van der Waals surface area (Å²) < 4.78 is 0. The first-order chi connectivity index (χ1) is 9.24. The second-order valence-electron chi connectivity index (χ2n) is 5.15. The molecule has 1 aliphatic rings. The molecule has 3 rings (SSSR count). The van der Waals surface area contributed by atoms with E-state index in [1.54, 1.807) is 0 Å². The summed E-state index contributed by atoms with van der Waals surface area (Å²) in [7, 11) is 0. The van der Waals surface area contributed by atoms with E-state index < -0.39 is 0 Å². The molecule has 1 fully saturated rings. The highest BCUT2D eigenvalue weighted by Gasteiger charge is 2.20. The van der Waals surface area contributed by atoms with Crippen LogP contribution in [0.1, 0.15) is 18.4 Å². The zero-order chi connectivity index (χ0) is 13.2. The van der Waals surface area contributed by atoms with E-state index in [2.05, 4.69) is 39.1 Å². The lowest BCUT2D eigenvalue weighted by atomic mass is 10.1. The summed E-state index contributed by atoms with van der Waals surface area (Å²) >= 11 is 0. The number of anilines is 1. The van der Waals surface area contributed by atoms with Gasteiger partial charge in [-0.3, -0.25) is 5.10 Å². The molecule has 1 aromatic carbocycles. The van der Waals surface area contributed by atoms with Crippen molar-refractivity contribution in [2.45, 2.75) is 25.8 Å². The summed E-state index contributed by atoms with van der Waals surface area (Å²) in [6.07, 6.45) is 2.20. The lowest BCUT2D eigenvalue weighted by Gasteiger charge is -2.29. The summed E-state index contributed by atoms with van der Waals surface area (Å²) in [6, 6.07) is 8.41. The SMILES string of the molecule is Cc1ccccc1-c1nc(N2CCCC(N)C2)n[nH]1. The van der Waals surface area contributed by atoms with Crippen molar-refractivity contribution in [3.63, 3.8) is 0 Å². The van der Waals surface area contributed by atoms with Crippen LogP contribution in [0.4, 0.5) is 5.95 Å². The van der Waals surface area contributed by atoms with E-state index in [0.29, 0.717) is 0 Å². The van der Waals surface area contributed by atoms with Gasteiger partial charge >= 0.3 is 0 Å². The second kappa shape index (κ2) is 5.01. The largest absolute Gasteiger partial charge is 0.338 e. The molecule has 1 aromatic heterocycles. The number of aromatic nitrogens is 3. The van der Waals surface area contributed by atoms with Crippen LogP contribution in [0.25, 0.3) is 11.4 Å². The lowest BCUT2D eigenvalue weighted by molar-refractivity contribution is 0.500. The highest BCUT2D eigenvalue weighted by atomic mass is 15.4. The van der Waals surface area contributed by atoms with Gasteiger partial charge in [0.15, 0.2) is 5.82 Å². The first-order valence-corrected chi connectivity index (χ1v) is 6.73. The van der Waals surface area contributed by atoms with Crippen LogP contribution in [-0.2, 0) is 0 Å². The van der Waals surface area contributed by atoms with Gasteiger partial charge in [-0.2, -0.15) is 4.98 Å². The number of rotatable bonds is 2. The molecule has 0 amide bonds. The average Bonchev–Trinajstić information content (AvgIpc) is 2.89. The van der Waals surface area contributed by atoms with Crippen molar-refractivity contribution in [1.29, 1.82) is 0 Å². The first-order valence-electron chi connectivity index (χ1n) is 6.73. The summed E-state index contributed by atoms with van der Waals surface area (Å²) in [6.45, 7) is 3.90. The van der Waals surface area contributed by atoms with E-state index in [4.69, 9.17) is 5.73 Å². The number of nitrogens with one attached hydrogen (secondary N) is 1. The zero-order valence-corrected chi connectivity index (χ0v) is 11.1. The highest BCUT2D eigenvalue weighted by Crippen LogP contribution is 2.22. The maximum Gasteiger partial charge on any atom is 0.245 e. The lowest BCUT2D eigenvalue weighted by Crippen LogP contribution is -2.43. The third-order valence-electron chi connectivity index (χ3n) is 3.61.